The third kappa shape index (κ3) is 4.33. The molecule has 7 nitrogen and oxygen atoms in total. The van der Waals surface area contributed by atoms with Gasteiger partial charge in [-0.25, -0.2) is 0 Å². The lowest BCUT2D eigenvalue weighted by Gasteiger charge is -2.26. The molecule has 0 saturated heterocycles. The number of hydrogen-bond acceptors (Lipinski definition) is 6. The average molecular weight is 386 g/mol. The molecule has 1 aromatic carbocycles. The Balaban J connectivity index is 1.78. The number of amides is 1. The van der Waals surface area contributed by atoms with Crippen molar-refractivity contribution in [2.45, 2.75) is 30.0 Å². The predicted octanol–water partition coefficient (Wildman–Crippen LogP) is 2.76. The van der Waals surface area contributed by atoms with Gasteiger partial charge < -0.3 is 14.8 Å². The summed E-state index contributed by atoms with van der Waals surface area (Å²) in [5, 5.41) is 11.7. The highest BCUT2D eigenvalue weighted by Gasteiger charge is 2.29. The molecule has 2 heterocycles. The Kier molecular flexibility index (Phi) is 6.18. The molecule has 1 N–H and O–H groups in total. The number of hydrogen-bond donors (Lipinski definition) is 1. The maximum absolute atomic E-state index is 12.1. The molecule has 0 aliphatic carbocycles. The second-order valence-electron chi connectivity index (χ2n) is 5.90. The van der Waals surface area contributed by atoms with Gasteiger partial charge in [-0.1, -0.05) is 36.0 Å². The van der Waals surface area contributed by atoms with Gasteiger partial charge in [-0.3, -0.25) is 9.36 Å². The van der Waals surface area contributed by atoms with Crippen LogP contribution in [0.2, 0.25) is 0 Å². The van der Waals surface area contributed by atoms with Crippen LogP contribution in [0, 0.1) is 0 Å². The number of carbonyl (C=O) groups excluding carboxylic acids is 1. The van der Waals surface area contributed by atoms with Gasteiger partial charge in [0, 0.05) is 13.1 Å². The average Bonchev–Trinajstić information content (AvgIpc) is 3.08. The molecule has 3 rings (SSSR count). The van der Waals surface area contributed by atoms with Gasteiger partial charge in [-0.05, 0) is 19.1 Å². The van der Waals surface area contributed by atoms with Crippen molar-refractivity contribution in [1.82, 2.24) is 20.1 Å². The van der Waals surface area contributed by atoms with Crippen LogP contribution in [0.25, 0.3) is 0 Å². The van der Waals surface area contributed by atoms with E-state index in [-0.39, 0.29) is 17.3 Å². The summed E-state index contributed by atoms with van der Waals surface area (Å²) >= 11 is 1.34. The van der Waals surface area contributed by atoms with E-state index >= 15 is 0 Å². The van der Waals surface area contributed by atoms with Crippen molar-refractivity contribution in [3.63, 3.8) is 0 Å². The molecule has 0 unspecified atom stereocenters. The van der Waals surface area contributed by atoms with Gasteiger partial charge in [0.05, 0.1) is 5.25 Å². The number of benzene rings is 1. The number of carbonyl (C=O) groups is 1. The molecule has 0 spiro atoms. The van der Waals surface area contributed by atoms with Crippen molar-refractivity contribution < 1.29 is 14.3 Å². The minimum absolute atomic E-state index is 0.0826. The van der Waals surface area contributed by atoms with Gasteiger partial charge in [0.15, 0.2) is 28.6 Å². The van der Waals surface area contributed by atoms with Crippen LogP contribution in [0.5, 0.6) is 11.5 Å². The van der Waals surface area contributed by atoms with Crippen LogP contribution in [0.15, 0.2) is 54.7 Å². The van der Waals surface area contributed by atoms with Gasteiger partial charge >= 0.3 is 0 Å². The van der Waals surface area contributed by atoms with Crippen LogP contribution in [0.1, 0.15) is 18.9 Å². The maximum atomic E-state index is 12.1. The van der Waals surface area contributed by atoms with E-state index < -0.39 is 0 Å². The minimum atomic E-state index is -0.383. The fourth-order valence-electron chi connectivity index (χ4n) is 2.60. The van der Waals surface area contributed by atoms with Gasteiger partial charge in [-0.15, -0.1) is 23.4 Å². The van der Waals surface area contributed by atoms with Crippen LogP contribution in [-0.2, 0) is 11.3 Å². The van der Waals surface area contributed by atoms with Crippen LogP contribution in [0.4, 0.5) is 0 Å². The third-order valence-electron chi connectivity index (χ3n) is 3.93. The van der Waals surface area contributed by atoms with E-state index in [4.69, 9.17) is 9.47 Å². The normalized spacial score (nSPS) is 16.4. The number of allylic oxidation sites excluding steroid dienone is 1. The molecule has 2 aromatic rings. The largest absolute Gasteiger partial charge is 0.485 e. The quantitative estimate of drug-likeness (QED) is 0.555. The first-order chi connectivity index (χ1) is 13.1. The first kappa shape index (κ1) is 19.0. The lowest BCUT2D eigenvalue weighted by molar-refractivity contribution is -0.120. The number of thioether (sulfide) groups is 1. The minimum Gasteiger partial charge on any atom is -0.485 e. The molecule has 0 radical (unpaired) electrons. The Morgan fingerprint density at radius 2 is 2.15 bits per heavy atom. The second kappa shape index (κ2) is 8.77. The Morgan fingerprint density at radius 3 is 2.89 bits per heavy atom. The number of aromatic nitrogens is 3. The highest BCUT2D eigenvalue weighted by atomic mass is 32.2. The number of ether oxygens (including phenoxy) is 2. The number of fused-ring (bicyclic) bond motifs is 1. The van der Waals surface area contributed by atoms with Crippen LogP contribution in [0.3, 0.4) is 0 Å². The van der Waals surface area contributed by atoms with E-state index in [9.17, 15) is 4.79 Å². The van der Waals surface area contributed by atoms with Crippen LogP contribution >= 0.6 is 11.8 Å². The topological polar surface area (TPSA) is 78.3 Å². The van der Waals surface area contributed by atoms with Crippen LogP contribution in [-0.4, -0.2) is 39.1 Å². The standard InChI is InChI=1S/C19H22N4O3S/c1-4-10-20-18(24)13(3)27-19-22-21-17(23(19)11-5-2)16-12-25-14-8-6-7-9-15(14)26-16/h4-9,13,16H,1-2,10-12H2,3H3,(H,20,24)/t13-,16-/m0/s1. The molecule has 0 saturated carbocycles. The van der Waals surface area contributed by atoms with Crippen molar-refractivity contribution in [3.05, 3.63) is 55.4 Å². The van der Waals surface area contributed by atoms with Crippen molar-refractivity contribution in [2.24, 2.45) is 0 Å². The molecule has 0 fully saturated rings. The zero-order valence-corrected chi connectivity index (χ0v) is 15.9. The van der Waals surface area contributed by atoms with Crippen molar-refractivity contribution in [3.8, 4) is 11.5 Å². The van der Waals surface area contributed by atoms with Crippen molar-refractivity contribution in [2.75, 3.05) is 13.2 Å². The first-order valence-electron chi connectivity index (χ1n) is 8.61. The van der Waals surface area contributed by atoms with E-state index in [0.29, 0.717) is 42.2 Å². The number of nitrogens with zero attached hydrogens (tertiary/aromatic N) is 3. The molecule has 142 valence electrons. The highest BCUT2D eigenvalue weighted by Crippen LogP contribution is 2.36. The molecule has 1 amide bonds. The zero-order chi connectivity index (χ0) is 19.2. The lowest BCUT2D eigenvalue weighted by atomic mass is 10.2. The molecule has 8 heteroatoms. The summed E-state index contributed by atoms with van der Waals surface area (Å²) in [4.78, 5) is 12.1. The fourth-order valence-corrected chi connectivity index (χ4v) is 3.49. The Hall–Kier alpha value is -2.74. The summed E-state index contributed by atoms with van der Waals surface area (Å²) in [5.41, 5.74) is 0. The summed E-state index contributed by atoms with van der Waals surface area (Å²) < 4.78 is 13.7. The van der Waals surface area contributed by atoms with E-state index in [0.717, 1.165) is 0 Å². The number of para-hydroxylation sites is 2. The summed E-state index contributed by atoms with van der Waals surface area (Å²) in [6.45, 7) is 10.5. The van der Waals surface area contributed by atoms with Gasteiger partial charge in [-0.2, -0.15) is 0 Å². The predicted molar refractivity (Wildman–Crippen MR) is 104 cm³/mol. The van der Waals surface area contributed by atoms with Crippen molar-refractivity contribution >= 4 is 17.7 Å². The van der Waals surface area contributed by atoms with Crippen LogP contribution < -0.4 is 14.8 Å². The third-order valence-corrected chi connectivity index (χ3v) is 5.01. The Bertz CT molecular complexity index is 836. The molecule has 1 aliphatic heterocycles. The zero-order valence-electron chi connectivity index (χ0n) is 15.1. The summed E-state index contributed by atoms with van der Waals surface area (Å²) in [5.74, 6) is 1.95. The van der Waals surface area contributed by atoms with E-state index in [1.165, 1.54) is 11.8 Å². The molecular weight excluding hydrogens is 364 g/mol. The highest BCUT2D eigenvalue weighted by molar-refractivity contribution is 8.00. The molecule has 2 atom stereocenters. The molecule has 1 aliphatic rings. The summed E-state index contributed by atoms with van der Waals surface area (Å²) in [6, 6.07) is 7.52. The molecule has 27 heavy (non-hydrogen) atoms. The Morgan fingerprint density at radius 1 is 1.37 bits per heavy atom. The van der Waals surface area contributed by atoms with Gasteiger partial charge in [0.25, 0.3) is 0 Å². The van der Waals surface area contributed by atoms with E-state index in [1.807, 2.05) is 35.8 Å². The fraction of sp³-hybridized carbons (Fsp3) is 0.316. The maximum Gasteiger partial charge on any atom is 0.233 e. The smallest absolute Gasteiger partial charge is 0.233 e. The Labute approximate surface area is 162 Å². The van der Waals surface area contributed by atoms with Gasteiger partial charge in [0.2, 0.25) is 5.91 Å². The monoisotopic (exact) mass is 386 g/mol. The number of nitrogens with one attached hydrogen (secondary N) is 1. The second-order valence-corrected chi connectivity index (χ2v) is 7.21. The van der Waals surface area contributed by atoms with Crippen molar-refractivity contribution in [1.29, 1.82) is 0 Å². The SMILES string of the molecule is C=CCNC(=O)[C@H](C)Sc1nnc([C@@H]2COc3ccccc3O2)n1CC=C. The number of rotatable bonds is 8. The van der Waals surface area contributed by atoms with Gasteiger partial charge in [0.1, 0.15) is 6.61 Å². The lowest BCUT2D eigenvalue weighted by Crippen LogP contribution is -2.31. The summed E-state index contributed by atoms with van der Waals surface area (Å²) in [7, 11) is 0. The van der Waals surface area contributed by atoms with E-state index in [2.05, 4.69) is 28.7 Å². The first-order valence-corrected chi connectivity index (χ1v) is 9.49. The summed E-state index contributed by atoms with van der Waals surface area (Å²) in [6.07, 6.45) is 3.02. The molecule has 0 bridgehead atoms. The molecule has 1 aromatic heterocycles. The molecular formula is C19H22N4O3S. The van der Waals surface area contributed by atoms with E-state index in [1.54, 1.807) is 12.2 Å².